The Hall–Kier alpha value is -0.900. The van der Waals surface area contributed by atoms with Crippen molar-refractivity contribution in [2.75, 3.05) is 7.11 Å². The summed E-state index contributed by atoms with van der Waals surface area (Å²) in [7, 11) is 1.64. The number of nitrogens with zero attached hydrogens (tertiary/aromatic N) is 3. The average molecular weight is 155 g/mol. The molecular formula is C7H13N3O. The Morgan fingerprint density at radius 1 is 1.64 bits per heavy atom. The van der Waals surface area contributed by atoms with Gasteiger partial charge < -0.3 is 4.74 Å². The van der Waals surface area contributed by atoms with Gasteiger partial charge in [-0.2, -0.15) is 0 Å². The Balaban J connectivity index is 2.66. The number of methoxy groups -OCH3 is 1. The third-order valence-corrected chi connectivity index (χ3v) is 1.41. The van der Waals surface area contributed by atoms with Crippen LogP contribution in [0.3, 0.4) is 0 Å². The molecule has 0 saturated carbocycles. The van der Waals surface area contributed by atoms with Gasteiger partial charge in [0.05, 0.1) is 11.9 Å². The Bertz CT molecular complexity index is 219. The van der Waals surface area contributed by atoms with E-state index >= 15 is 0 Å². The maximum absolute atomic E-state index is 4.88. The standard InChI is InChI=1S/C7H13N3O/c1-6(2)7-4-10(5-11-3)9-8-7/h4,6H,5H2,1-3H3. The van der Waals surface area contributed by atoms with Crippen LogP contribution in [0.4, 0.5) is 0 Å². The summed E-state index contributed by atoms with van der Waals surface area (Å²) in [5.74, 6) is 0.431. The van der Waals surface area contributed by atoms with Crippen molar-refractivity contribution in [3.63, 3.8) is 0 Å². The molecule has 62 valence electrons. The van der Waals surface area contributed by atoms with Gasteiger partial charge in [0.2, 0.25) is 0 Å². The predicted molar refractivity (Wildman–Crippen MR) is 41.1 cm³/mol. The second kappa shape index (κ2) is 3.48. The topological polar surface area (TPSA) is 39.9 Å². The van der Waals surface area contributed by atoms with Gasteiger partial charge in [0, 0.05) is 7.11 Å². The fourth-order valence-electron chi connectivity index (χ4n) is 0.773. The van der Waals surface area contributed by atoms with Crippen molar-refractivity contribution in [1.29, 1.82) is 0 Å². The van der Waals surface area contributed by atoms with Crippen LogP contribution in [0.25, 0.3) is 0 Å². The predicted octanol–water partition coefficient (Wildman–Crippen LogP) is 1.01. The monoisotopic (exact) mass is 155 g/mol. The Kier molecular flexibility index (Phi) is 2.59. The zero-order valence-electron chi connectivity index (χ0n) is 7.11. The van der Waals surface area contributed by atoms with E-state index in [1.54, 1.807) is 11.8 Å². The van der Waals surface area contributed by atoms with Gasteiger partial charge in [-0.3, -0.25) is 0 Å². The van der Waals surface area contributed by atoms with Crippen molar-refractivity contribution in [2.24, 2.45) is 0 Å². The largest absolute Gasteiger partial charge is 0.362 e. The maximum atomic E-state index is 4.88. The van der Waals surface area contributed by atoms with Crippen LogP contribution in [0.5, 0.6) is 0 Å². The van der Waals surface area contributed by atoms with Crippen molar-refractivity contribution >= 4 is 0 Å². The first-order valence-corrected chi connectivity index (χ1v) is 3.63. The lowest BCUT2D eigenvalue weighted by molar-refractivity contribution is 0.119. The lowest BCUT2D eigenvalue weighted by atomic mass is 10.2. The molecule has 0 unspecified atom stereocenters. The summed E-state index contributed by atoms with van der Waals surface area (Å²) in [6.45, 7) is 4.64. The van der Waals surface area contributed by atoms with Crippen LogP contribution in [-0.4, -0.2) is 22.1 Å². The highest BCUT2D eigenvalue weighted by Crippen LogP contribution is 2.08. The molecule has 0 saturated heterocycles. The fraction of sp³-hybridized carbons (Fsp3) is 0.714. The molecule has 0 radical (unpaired) electrons. The Morgan fingerprint density at radius 3 is 2.82 bits per heavy atom. The maximum Gasteiger partial charge on any atom is 0.140 e. The van der Waals surface area contributed by atoms with Gasteiger partial charge in [-0.25, -0.2) is 4.68 Å². The van der Waals surface area contributed by atoms with Gasteiger partial charge in [0.25, 0.3) is 0 Å². The van der Waals surface area contributed by atoms with Gasteiger partial charge in [0.1, 0.15) is 6.73 Å². The van der Waals surface area contributed by atoms with Gasteiger partial charge in [0.15, 0.2) is 0 Å². The van der Waals surface area contributed by atoms with E-state index < -0.39 is 0 Å². The highest BCUT2D eigenvalue weighted by molar-refractivity contribution is 4.97. The second-order valence-electron chi connectivity index (χ2n) is 2.76. The summed E-state index contributed by atoms with van der Waals surface area (Å²) in [5, 5.41) is 7.84. The minimum absolute atomic E-state index is 0.431. The number of rotatable bonds is 3. The van der Waals surface area contributed by atoms with E-state index in [9.17, 15) is 0 Å². The zero-order chi connectivity index (χ0) is 8.27. The second-order valence-corrected chi connectivity index (χ2v) is 2.76. The molecule has 0 spiro atoms. The molecule has 0 amide bonds. The molecule has 0 N–H and O–H groups in total. The summed E-state index contributed by atoms with van der Waals surface area (Å²) in [6.07, 6.45) is 1.90. The Morgan fingerprint density at radius 2 is 2.36 bits per heavy atom. The van der Waals surface area contributed by atoms with Gasteiger partial charge >= 0.3 is 0 Å². The first-order valence-electron chi connectivity index (χ1n) is 3.63. The lowest BCUT2D eigenvalue weighted by Gasteiger charge is -1.96. The van der Waals surface area contributed by atoms with E-state index in [-0.39, 0.29) is 0 Å². The molecule has 0 bridgehead atoms. The molecule has 11 heavy (non-hydrogen) atoms. The molecule has 1 aromatic heterocycles. The third-order valence-electron chi connectivity index (χ3n) is 1.41. The number of hydrogen-bond acceptors (Lipinski definition) is 3. The third kappa shape index (κ3) is 2.01. The molecular weight excluding hydrogens is 142 g/mol. The van der Waals surface area contributed by atoms with Crippen molar-refractivity contribution in [3.05, 3.63) is 11.9 Å². The molecule has 1 heterocycles. The van der Waals surface area contributed by atoms with Crippen molar-refractivity contribution in [2.45, 2.75) is 26.5 Å². The molecule has 4 heteroatoms. The van der Waals surface area contributed by atoms with Crippen LogP contribution < -0.4 is 0 Å². The van der Waals surface area contributed by atoms with E-state index in [4.69, 9.17) is 4.74 Å². The van der Waals surface area contributed by atoms with E-state index in [0.717, 1.165) is 5.69 Å². The SMILES string of the molecule is COCn1cc(C(C)C)nn1. The van der Waals surface area contributed by atoms with E-state index in [1.807, 2.05) is 6.20 Å². The van der Waals surface area contributed by atoms with E-state index in [1.165, 1.54) is 0 Å². The minimum atomic E-state index is 0.431. The van der Waals surface area contributed by atoms with Crippen LogP contribution in [0.1, 0.15) is 25.5 Å². The number of hydrogen-bond donors (Lipinski definition) is 0. The lowest BCUT2D eigenvalue weighted by Crippen LogP contribution is -1.99. The highest BCUT2D eigenvalue weighted by atomic mass is 16.5. The van der Waals surface area contributed by atoms with E-state index in [2.05, 4.69) is 24.2 Å². The molecule has 0 aliphatic rings. The van der Waals surface area contributed by atoms with Gasteiger partial charge in [-0.15, -0.1) is 5.10 Å². The summed E-state index contributed by atoms with van der Waals surface area (Å²) < 4.78 is 6.56. The van der Waals surface area contributed by atoms with Crippen molar-refractivity contribution < 1.29 is 4.74 Å². The highest BCUT2D eigenvalue weighted by Gasteiger charge is 2.03. The van der Waals surface area contributed by atoms with Crippen LogP contribution in [0.15, 0.2) is 6.20 Å². The quantitative estimate of drug-likeness (QED) is 0.654. The first-order chi connectivity index (χ1) is 5.24. The van der Waals surface area contributed by atoms with Crippen LogP contribution >= 0.6 is 0 Å². The summed E-state index contributed by atoms with van der Waals surface area (Å²) in [5.41, 5.74) is 1.00. The molecule has 1 rings (SSSR count). The molecule has 0 aromatic carbocycles. The smallest absolute Gasteiger partial charge is 0.140 e. The zero-order valence-corrected chi connectivity index (χ0v) is 7.11. The van der Waals surface area contributed by atoms with Crippen LogP contribution in [-0.2, 0) is 11.5 Å². The van der Waals surface area contributed by atoms with E-state index in [0.29, 0.717) is 12.6 Å². The normalized spacial score (nSPS) is 10.9. The van der Waals surface area contributed by atoms with Crippen molar-refractivity contribution in [3.8, 4) is 0 Å². The minimum Gasteiger partial charge on any atom is -0.362 e. The summed E-state index contributed by atoms with van der Waals surface area (Å²) in [4.78, 5) is 0. The number of aromatic nitrogens is 3. The van der Waals surface area contributed by atoms with Crippen molar-refractivity contribution in [1.82, 2.24) is 15.0 Å². The number of ether oxygens (including phenoxy) is 1. The molecule has 0 aliphatic carbocycles. The molecule has 4 nitrogen and oxygen atoms in total. The first kappa shape index (κ1) is 8.20. The molecule has 1 aromatic rings. The fourth-order valence-corrected chi connectivity index (χ4v) is 0.773. The summed E-state index contributed by atoms with van der Waals surface area (Å²) in [6, 6.07) is 0. The van der Waals surface area contributed by atoms with Crippen LogP contribution in [0, 0.1) is 0 Å². The summed E-state index contributed by atoms with van der Waals surface area (Å²) >= 11 is 0. The Labute approximate surface area is 66.2 Å². The molecule has 0 aliphatic heterocycles. The average Bonchev–Trinajstić information content (AvgIpc) is 2.37. The molecule has 0 fully saturated rings. The van der Waals surface area contributed by atoms with Gasteiger partial charge in [-0.05, 0) is 5.92 Å². The molecule has 0 atom stereocenters. The van der Waals surface area contributed by atoms with Gasteiger partial charge in [-0.1, -0.05) is 19.1 Å². The van der Waals surface area contributed by atoms with Crippen LogP contribution in [0.2, 0.25) is 0 Å².